The maximum absolute atomic E-state index is 3.68. The molecule has 1 unspecified atom stereocenters. The van der Waals surface area contributed by atoms with Crippen LogP contribution in [0.15, 0.2) is 36.9 Å². The van der Waals surface area contributed by atoms with Crippen LogP contribution in [-0.2, 0) is 0 Å². The van der Waals surface area contributed by atoms with Gasteiger partial charge < -0.3 is 0 Å². The Bertz CT molecular complexity index is 203. The Morgan fingerprint density at radius 2 is 2.10 bits per heavy atom. The number of rotatable bonds is 2. The highest BCUT2D eigenvalue weighted by atomic mass is 79.9. The molecule has 0 aromatic heterocycles. The molecule has 1 aromatic carbocycles. The zero-order valence-electron chi connectivity index (χ0n) is 5.55. The van der Waals surface area contributed by atoms with Gasteiger partial charge in [0.05, 0.1) is 4.83 Å². The summed E-state index contributed by atoms with van der Waals surface area (Å²) in [6, 6.07) is 10.8. The van der Waals surface area contributed by atoms with Crippen molar-refractivity contribution >= 4 is 15.9 Å². The van der Waals surface area contributed by atoms with Gasteiger partial charge in [0.1, 0.15) is 0 Å². The summed E-state index contributed by atoms with van der Waals surface area (Å²) in [7, 11) is 0. The monoisotopic (exact) mass is 195 g/mol. The van der Waals surface area contributed by atoms with Gasteiger partial charge in [-0.1, -0.05) is 46.3 Å². The van der Waals surface area contributed by atoms with Crippen molar-refractivity contribution in [1.82, 2.24) is 0 Å². The Hall–Kier alpha value is -0.560. The van der Waals surface area contributed by atoms with Crippen LogP contribution in [0.25, 0.3) is 0 Å². The van der Waals surface area contributed by atoms with Crippen molar-refractivity contribution in [3.8, 4) is 0 Å². The van der Waals surface area contributed by atoms with Gasteiger partial charge in [0, 0.05) is 0 Å². The Labute approximate surface area is 69.7 Å². The van der Waals surface area contributed by atoms with E-state index in [1.54, 1.807) is 0 Å². The summed E-state index contributed by atoms with van der Waals surface area (Å²) in [5, 5.41) is 0. The second kappa shape index (κ2) is 3.57. The molecule has 0 saturated carbocycles. The molecule has 0 nitrogen and oxygen atoms in total. The average molecular weight is 196 g/mol. The molecule has 0 amide bonds. The molecule has 1 atom stereocenters. The molecule has 0 N–H and O–H groups in total. The van der Waals surface area contributed by atoms with E-state index < -0.39 is 0 Å². The van der Waals surface area contributed by atoms with Gasteiger partial charge in [-0.3, -0.25) is 0 Å². The lowest BCUT2D eigenvalue weighted by Gasteiger charge is -2.01. The van der Waals surface area contributed by atoms with Gasteiger partial charge in [-0.25, -0.2) is 0 Å². The maximum atomic E-state index is 3.68. The summed E-state index contributed by atoms with van der Waals surface area (Å²) in [5.74, 6) is 0. The highest BCUT2D eigenvalue weighted by Gasteiger charge is 1.98. The SMILES string of the molecule is C=CC(Br)c1cc[c]cc1. The van der Waals surface area contributed by atoms with Crippen LogP contribution in [0.4, 0.5) is 0 Å². The second-order valence-corrected chi connectivity index (χ2v) is 2.96. The first-order chi connectivity index (χ1) is 4.84. The first-order valence-electron chi connectivity index (χ1n) is 3.07. The molecule has 0 fully saturated rings. The van der Waals surface area contributed by atoms with Crippen molar-refractivity contribution in [2.24, 2.45) is 0 Å². The standard InChI is InChI=1S/C9H8Br/c1-2-9(10)8-6-4-3-5-7-8/h2,4-7,9H,1H2. The minimum absolute atomic E-state index is 0.266. The first-order valence-corrected chi connectivity index (χ1v) is 3.99. The van der Waals surface area contributed by atoms with Gasteiger partial charge in [-0.2, -0.15) is 0 Å². The zero-order chi connectivity index (χ0) is 7.40. The fourth-order valence-electron chi connectivity index (χ4n) is 0.720. The molecule has 0 aliphatic heterocycles. The van der Waals surface area contributed by atoms with Crippen molar-refractivity contribution in [1.29, 1.82) is 0 Å². The Kier molecular flexibility index (Phi) is 2.69. The van der Waals surface area contributed by atoms with Crippen LogP contribution in [-0.4, -0.2) is 0 Å². The summed E-state index contributed by atoms with van der Waals surface area (Å²) >= 11 is 3.45. The molecule has 0 spiro atoms. The molecule has 0 heterocycles. The molecule has 10 heavy (non-hydrogen) atoms. The van der Waals surface area contributed by atoms with Crippen molar-refractivity contribution in [3.05, 3.63) is 48.6 Å². The van der Waals surface area contributed by atoms with Crippen molar-refractivity contribution in [3.63, 3.8) is 0 Å². The van der Waals surface area contributed by atoms with E-state index in [0.29, 0.717) is 0 Å². The van der Waals surface area contributed by atoms with Crippen LogP contribution in [0.3, 0.4) is 0 Å². The number of alkyl halides is 1. The molecule has 1 heteroatoms. The van der Waals surface area contributed by atoms with E-state index in [1.807, 2.05) is 30.3 Å². The Morgan fingerprint density at radius 3 is 2.60 bits per heavy atom. The molecule has 0 aliphatic carbocycles. The fourth-order valence-corrected chi connectivity index (χ4v) is 1.02. The predicted molar refractivity (Wildman–Crippen MR) is 47.1 cm³/mol. The molecule has 1 radical (unpaired) electrons. The van der Waals surface area contributed by atoms with Crippen LogP contribution < -0.4 is 0 Å². The summed E-state index contributed by atoms with van der Waals surface area (Å²) in [5.41, 5.74) is 1.22. The van der Waals surface area contributed by atoms with Gasteiger partial charge in [0.15, 0.2) is 0 Å². The topological polar surface area (TPSA) is 0 Å². The number of halogens is 1. The largest absolute Gasteiger partial charge is 0.102 e. The third kappa shape index (κ3) is 1.71. The lowest BCUT2D eigenvalue weighted by molar-refractivity contribution is 1.26. The molecule has 1 aromatic rings. The summed E-state index contributed by atoms with van der Waals surface area (Å²) in [4.78, 5) is 0.266. The summed E-state index contributed by atoms with van der Waals surface area (Å²) in [6.07, 6.45) is 1.86. The van der Waals surface area contributed by atoms with Crippen molar-refractivity contribution in [2.45, 2.75) is 4.83 Å². The zero-order valence-corrected chi connectivity index (χ0v) is 7.14. The minimum Gasteiger partial charge on any atom is -0.102 e. The van der Waals surface area contributed by atoms with E-state index >= 15 is 0 Å². The van der Waals surface area contributed by atoms with E-state index in [0.717, 1.165) is 0 Å². The molecule has 0 saturated heterocycles. The molecule has 0 aliphatic rings. The Balaban J connectivity index is 2.84. The van der Waals surface area contributed by atoms with E-state index in [4.69, 9.17) is 0 Å². The third-order valence-electron chi connectivity index (χ3n) is 1.27. The van der Waals surface area contributed by atoms with Gasteiger partial charge in [-0.15, -0.1) is 6.58 Å². The Morgan fingerprint density at radius 1 is 1.50 bits per heavy atom. The van der Waals surface area contributed by atoms with Crippen LogP contribution >= 0.6 is 15.9 Å². The van der Waals surface area contributed by atoms with Gasteiger partial charge in [0.25, 0.3) is 0 Å². The van der Waals surface area contributed by atoms with Crippen LogP contribution in [0.5, 0.6) is 0 Å². The van der Waals surface area contributed by atoms with E-state index in [2.05, 4.69) is 28.6 Å². The summed E-state index contributed by atoms with van der Waals surface area (Å²) < 4.78 is 0. The minimum atomic E-state index is 0.266. The van der Waals surface area contributed by atoms with E-state index in [-0.39, 0.29) is 4.83 Å². The lowest BCUT2D eigenvalue weighted by Crippen LogP contribution is -1.81. The smallest absolute Gasteiger partial charge is 0.0572 e. The fraction of sp³-hybridized carbons (Fsp3) is 0.111. The lowest BCUT2D eigenvalue weighted by atomic mass is 10.2. The number of hydrogen-bond acceptors (Lipinski definition) is 0. The predicted octanol–water partition coefficient (Wildman–Crippen LogP) is 3.11. The van der Waals surface area contributed by atoms with Crippen LogP contribution in [0.1, 0.15) is 10.4 Å². The molecular weight excluding hydrogens is 188 g/mol. The van der Waals surface area contributed by atoms with E-state index in [9.17, 15) is 0 Å². The highest BCUT2D eigenvalue weighted by Crippen LogP contribution is 2.22. The number of hydrogen-bond donors (Lipinski definition) is 0. The number of allylic oxidation sites excluding steroid dienone is 1. The van der Waals surface area contributed by atoms with Gasteiger partial charge in [0.2, 0.25) is 0 Å². The molecular formula is C9H8Br. The second-order valence-electron chi connectivity index (χ2n) is 1.97. The highest BCUT2D eigenvalue weighted by molar-refractivity contribution is 9.09. The van der Waals surface area contributed by atoms with Gasteiger partial charge in [-0.05, 0) is 11.6 Å². The van der Waals surface area contributed by atoms with Gasteiger partial charge >= 0.3 is 0 Å². The van der Waals surface area contributed by atoms with Crippen LogP contribution in [0.2, 0.25) is 0 Å². The normalized spacial score (nSPS) is 12.5. The molecule has 51 valence electrons. The van der Waals surface area contributed by atoms with Crippen LogP contribution in [0, 0.1) is 6.07 Å². The van der Waals surface area contributed by atoms with E-state index in [1.165, 1.54) is 5.56 Å². The average Bonchev–Trinajstić information content (AvgIpc) is 2.05. The molecule has 1 rings (SSSR count). The van der Waals surface area contributed by atoms with Crippen molar-refractivity contribution < 1.29 is 0 Å². The summed E-state index contributed by atoms with van der Waals surface area (Å²) in [6.45, 7) is 3.68. The first kappa shape index (κ1) is 7.55. The maximum Gasteiger partial charge on any atom is 0.0572 e. The quantitative estimate of drug-likeness (QED) is 0.503. The van der Waals surface area contributed by atoms with Crippen molar-refractivity contribution in [2.75, 3.05) is 0 Å². The third-order valence-corrected chi connectivity index (χ3v) is 2.17. The number of benzene rings is 1. The molecule has 0 bridgehead atoms.